The molecule has 1 aliphatic heterocycles. The number of rotatable bonds is 4. The first-order valence-corrected chi connectivity index (χ1v) is 10.1. The van der Waals surface area contributed by atoms with Crippen LogP contribution in [0.3, 0.4) is 0 Å². The largest absolute Gasteiger partial charge is 0.324 e. The van der Waals surface area contributed by atoms with Crippen LogP contribution in [0.2, 0.25) is 0 Å². The van der Waals surface area contributed by atoms with E-state index in [4.69, 9.17) is 0 Å². The van der Waals surface area contributed by atoms with E-state index in [0.29, 0.717) is 31.6 Å². The van der Waals surface area contributed by atoms with Crippen molar-refractivity contribution in [2.24, 2.45) is 5.92 Å². The fourth-order valence-corrected chi connectivity index (χ4v) is 3.92. The van der Waals surface area contributed by atoms with E-state index in [1.54, 1.807) is 12.4 Å². The van der Waals surface area contributed by atoms with Crippen LogP contribution in [0.4, 0.5) is 5.69 Å². The molecule has 6 nitrogen and oxygen atoms in total. The number of amides is 1. The van der Waals surface area contributed by atoms with Gasteiger partial charge in [0.25, 0.3) is 0 Å². The SMILES string of the molecule is CS(=O)(=O)N1CCC(C(=O)Nc2cnccc2-c2ccccc2)CC1. The Morgan fingerprint density at radius 3 is 2.48 bits per heavy atom. The van der Waals surface area contributed by atoms with Gasteiger partial charge in [0.15, 0.2) is 0 Å². The molecule has 0 unspecified atom stereocenters. The molecule has 1 amide bonds. The van der Waals surface area contributed by atoms with E-state index in [1.165, 1.54) is 10.6 Å². The van der Waals surface area contributed by atoms with Crippen LogP contribution in [-0.2, 0) is 14.8 Å². The Hall–Kier alpha value is -2.25. The van der Waals surface area contributed by atoms with Crippen molar-refractivity contribution in [3.8, 4) is 11.1 Å². The highest BCUT2D eigenvalue weighted by Crippen LogP contribution is 2.28. The normalized spacial score (nSPS) is 16.5. The lowest BCUT2D eigenvalue weighted by Crippen LogP contribution is -2.40. The molecule has 2 heterocycles. The fourth-order valence-electron chi connectivity index (χ4n) is 3.05. The predicted molar refractivity (Wildman–Crippen MR) is 97.4 cm³/mol. The molecule has 0 spiro atoms. The number of pyridine rings is 1. The third-order valence-electron chi connectivity index (χ3n) is 4.46. The predicted octanol–water partition coefficient (Wildman–Crippen LogP) is 2.36. The van der Waals surface area contributed by atoms with E-state index >= 15 is 0 Å². The number of hydrogen-bond donors (Lipinski definition) is 1. The molecule has 1 aromatic carbocycles. The topological polar surface area (TPSA) is 79.4 Å². The number of benzene rings is 1. The Balaban J connectivity index is 1.71. The van der Waals surface area contributed by atoms with Gasteiger partial charge in [-0.25, -0.2) is 12.7 Å². The van der Waals surface area contributed by atoms with Crippen LogP contribution >= 0.6 is 0 Å². The smallest absolute Gasteiger partial charge is 0.227 e. The van der Waals surface area contributed by atoms with E-state index in [1.807, 2.05) is 36.4 Å². The minimum absolute atomic E-state index is 0.0849. The van der Waals surface area contributed by atoms with Crippen molar-refractivity contribution in [3.05, 3.63) is 48.8 Å². The van der Waals surface area contributed by atoms with Crippen LogP contribution in [-0.4, -0.2) is 43.0 Å². The van der Waals surface area contributed by atoms with Crippen molar-refractivity contribution in [1.29, 1.82) is 0 Å². The summed E-state index contributed by atoms with van der Waals surface area (Å²) in [6.45, 7) is 0.769. The van der Waals surface area contributed by atoms with Gasteiger partial charge in [0.05, 0.1) is 18.1 Å². The summed E-state index contributed by atoms with van der Waals surface area (Å²) < 4.78 is 24.6. The number of anilines is 1. The van der Waals surface area contributed by atoms with E-state index in [9.17, 15) is 13.2 Å². The van der Waals surface area contributed by atoms with Gasteiger partial charge in [-0.3, -0.25) is 9.78 Å². The summed E-state index contributed by atoms with van der Waals surface area (Å²) in [6, 6.07) is 11.7. The molecule has 7 heteroatoms. The molecule has 1 saturated heterocycles. The third-order valence-corrected chi connectivity index (χ3v) is 5.76. The average Bonchev–Trinajstić information content (AvgIpc) is 2.62. The van der Waals surface area contributed by atoms with Crippen molar-refractivity contribution < 1.29 is 13.2 Å². The van der Waals surface area contributed by atoms with Gasteiger partial charge in [0, 0.05) is 30.8 Å². The molecule has 1 aromatic heterocycles. The first-order chi connectivity index (χ1) is 11.9. The highest BCUT2D eigenvalue weighted by Gasteiger charge is 2.29. The standard InChI is InChI=1S/C18H21N3O3S/c1-25(23,24)21-11-8-15(9-12-21)18(22)20-17-13-19-10-7-16(17)14-5-3-2-4-6-14/h2-7,10,13,15H,8-9,11-12H2,1H3,(H,20,22). The van der Waals surface area contributed by atoms with E-state index in [0.717, 1.165) is 11.1 Å². The van der Waals surface area contributed by atoms with Gasteiger partial charge in [0.1, 0.15) is 0 Å². The van der Waals surface area contributed by atoms with Crippen molar-refractivity contribution in [2.45, 2.75) is 12.8 Å². The first-order valence-electron chi connectivity index (χ1n) is 8.20. The van der Waals surface area contributed by atoms with Crippen molar-refractivity contribution in [3.63, 3.8) is 0 Å². The summed E-state index contributed by atoms with van der Waals surface area (Å²) in [5.41, 5.74) is 2.59. The molecule has 3 rings (SSSR count). The number of sulfonamides is 1. The van der Waals surface area contributed by atoms with Crippen LogP contribution in [0.1, 0.15) is 12.8 Å². The molecule has 132 valence electrons. The van der Waals surface area contributed by atoms with Gasteiger partial charge in [-0.15, -0.1) is 0 Å². The number of nitrogens with one attached hydrogen (secondary N) is 1. The Morgan fingerprint density at radius 1 is 1.16 bits per heavy atom. The van der Waals surface area contributed by atoms with E-state index in [2.05, 4.69) is 10.3 Å². The quantitative estimate of drug-likeness (QED) is 0.909. The summed E-state index contributed by atoms with van der Waals surface area (Å²) in [4.78, 5) is 16.7. The summed E-state index contributed by atoms with van der Waals surface area (Å²) in [7, 11) is -3.19. The molecule has 0 radical (unpaired) electrons. The van der Waals surface area contributed by atoms with Gasteiger partial charge < -0.3 is 5.32 Å². The summed E-state index contributed by atoms with van der Waals surface area (Å²) in [5.74, 6) is -0.278. The van der Waals surface area contributed by atoms with Gasteiger partial charge in [0.2, 0.25) is 15.9 Å². The van der Waals surface area contributed by atoms with E-state index < -0.39 is 10.0 Å². The van der Waals surface area contributed by atoms with Crippen molar-refractivity contribution in [1.82, 2.24) is 9.29 Å². The molecule has 1 N–H and O–H groups in total. The van der Waals surface area contributed by atoms with Crippen LogP contribution in [0.15, 0.2) is 48.8 Å². The van der Waals surface area contributed by atoms with Crippen LogP contribution < -0.4 is 5.32 Å². The number of carbonyl (C=O) groups is 1. The van der Waals surface area contributed by atoms with Crippen LogP contribution in [0, 0.1) is 5.92 Å². The van der Waals surface area contributed by atoms with Gasteiger partial charge in [-0.1, -0.05) is 30.3 Å². The fraction of sp³-hybridized carbons (Fsp3) is 0.333. The molecule has 0 atom stereocenters. The zero-order valence-electron chi connectivity index (χ0n) is 14.1. The lowest BCUT2D eigenvalue weighted by Gasteiger charge is -2.29. The molecule has 1 aliphatic rings. The van der Waals surface area contributed by atoms with E-state index in [-0.39, 0.29) is 11.8 Å². The lowest BCUT2D eigenvalue weighted by molar-refractivity contribution is -0.120. The molecule has 1 fully saturated rings. The number of piperidine rings is 1. The van der Waals surface area contributed by atoms with Crippen molar-refractivity contribution in [2.75, 3.05) is 24.7 Å². The monoisotopic (exact) mass is 359 g/mol. The number of nitrogens with zero attached hydrogens (tertiary/aromatic N) is 2. The molecular formula is C18H21N3O3S. The second-order valence-electron chi connectivity index (χ2n) is 6.21. The maximum atomic E-state index is 12.6. The molecule has 2 aromatic rings. The molecule has 0 saturated carbocycles. The summed E-state index contributed by atoms with van der Waals surface area (Å²) >= 11 is 0. The van der Waals surface area contributed by atoms with Gasteiger partial charge in [-0.2, -0.15) is 0 Å². The molecule has 0 aliphatic carbocycles. The second-order valence-corrected chi connectivity index (χ2v) is 8.20. The highest BCUT2D eigenvalue weighted by molar-refractivity contribution is 7.88. The zero-order chi connectivity index (χ0) is 17.9. The maximum absolute atomic E-state index is 12.6. The highest BCUT2D eigenvalue weighted by atomic mass is 32.2. The molecule has 25 heavy (non-hydrogen) atoms. The number of aromatic nitrogens is 1. The Labute approximate surface area is 147 Å². The van der Waals surface area contributed by atoms with Gasteiger partial charge in [-0.05, 0) is 24.5 Å². The zero-order valence-corrected chi connectivity index (χ0v) is 14.9. The molecular weight excluding hydrogens is 338 g/mol. The Kier molecular flexibility index (Phi) is 5.15. The minimum Gasteiger partial charge on any atom is -0.324 e. The first kappa shape index (κ1) is 17.6. The Bertz CT molecular complexity index is 845. The second kappa shape index (κ2) is 7.33. The summed E-state index contributed by atoms with van der Waals surface area (Å²) in [6.07, 6.45) is 5.60. The van der Waals surface area contributed by atoms with Crippen LogP contribution in [0.5, 0.6) is 0 Å². The third kappa shape index (κ3) is 4.24. The number of hydrogen-bond acceptors (Lipinski definition) is 4. The number of carbonyl (C=O) groups excluding carboxylic acids is 1. The maximum Gasteiger partial charge on any atom is 0.227 e. The average molecular weight is 359 g/mol. The lowest BCUT2D eigenvalue weighted by atomic mass is 9.96. The van der Waals surface area contributed by atoms with Crippen LogP contribution in [0.25, 0.3) is 11.1 Å². The molecule has 0 bridgehead atoms. The minimum atomic E-state index is -3.19. The van der Waals surface area contributed by atoms with Crippen molar-refractivity contribution >= 4 is 21.6 Å². The summed E-state index contributed by atoms with van der Waals surface area (Å²) in [5, 5.41) is 2.96. The van der Waals surface area contributed by atoms with Gasteiger partial charge >= 0.3 is 0 Å². The Morgan fingerprint density at radius 2 is 1.84 bits per heavy atom.